The van der Waals surface area contributed by atoms with Crippen molar-refractivity contribution in [3.05, 3.63) is 93.7 Å². The molecule has 0 bridgehead atoms. The summed E-state index contributed by atoms with van der Waals surface area (Å²) in [6, 6.07) is 18.2. The second-order valence-electron chi connectivity index (χ2n) is 9.57. The summed E-state index contributed by atoms with van der Waals surface area (Å²) in [5.41, 5.74) is 10.0. The van der Waals surface area contributed by atoms with E-state index in [4.69, 9.17) is 28.9 Å². The van der Waals surface area contributed by atoms with Crippen LogP contribution in [0.5, 0.6) is 0 Å². The minimum atomic E-state index is -0.752. The van der Waals surface area contributed by atoms with E-state index in [1.54, 1.807) is 35.1 Å². The van der Waals surface area contributed by atoms with Crippen molar-refractivity contribution in [3.63, 3.8) is 0 Å². The number of nitrogens with zero attached hydrogens (tertiary/aromatic N) is 4. The summed E-state index contributed by atoms with van der Waals surface area (Å²) in [4.78, 5) is 36.7. The number of fused-ring (bicyclic) bond motifs is 1. The van der Waals surface area contributed by atoms with E-state index in [1.165, 1.54) is 0 Å². The number of benzene rings is 2. The SMILES string of the molecule is CC(=O)N1CCCN(Cc2ccccn2)CCN(C(=O)[C@@H](N)Cc2ccc(Cl)c(Cl)c2)Cc2ccccc21. The fourth-order valence-corrected chi connectivity index (χ4v) is 5.10. The zero-order valence-corrected chi connectivity index (χ0v) is 23.0. The van der Waals surface area contributed by atoms with E-state index in [0.717, 1.165) is 35.5 Å². The van der Waals surface area contributed by atoms with Gasteiger partial charge in [0.05, 0.1) is 21.8 Å². The highest BCUT2D eigenvalue weighted by molar-refractivity contribution is 6.42. The van der Waals surface area contributed by atoms with Crippen LogP contribution in [0, 0.1) is 0 Å². The Labute approximate surface area is 234 Å². The molecule has 1 aliphatic heterocycles. The maximum atomic E-state index is 13.7. The lowest BCUT2D eigenvalue weighted by Gasteiger charge is -2.30. The Morgan fingerprint density at radius 3 is 2.50 bits per heavy atom. The first-order valence-corrected chi connectivity index (χ1v) is 13.5. The normalized spacial score (nSPS) is 15.9. The van der Waals surface area contributed by atoms with Crippen molar-refractivity contribution < 1.29 is 9.59 Å². The zero-order chi connectivity index (χ0) is 27.1. The van der Waals surface area contributed by atoms with Gasteiger partial charge in [-0.1, -0.05) is 53.5 Å². The average Bonchev–Trinajstić information content (AvgIpc) is 2.94. The highest BCUT2D eigenvalue weighted by Gasteiger charge is 2.26. The zero-order valence-electron chi connectivity index (χ0n) is 21.5. The monoisotopic (exact) mass is 553 g/mol. The molecule has 200 valence electrons. The Bertz CT molecular complexity index is 1260. The molecule has 2 aromatic carbocycles. The number of aromatic nitrogens is 1. The first-order chi connectivity index (χ1) is 18.3. The predicted molar refractivity (Wildman–Crippen MR) is 152 cm³/mol. The molecule has 0 saturated heterocycles. The largest absolute Gasteiger partial charge is 0.336 e. The molecule has 2 heterocycles. The summed E-state index contributed by atoms with van der Waals surface area (Å²) < 4.78 is 0. The van der Waals surface area contributed by atoms with E-state index in [-0.39, 0.29) is 11.8 Å². The number of amides is 2. The summed E-state index contributed by atoms with van der Waals surface area (Å²) in [6.07, 6.45) is 2.92. The third kappa shape index (κ3) is 7.32. The molecule has 1 aromatic heterocycles. The van der Waals surface area contributed by atoms with Crippen LogP contribution in [-0.2, 0) is 29.1 Å². The number of nitrogens with two attached hydrogens (primary N) is 1. The van der Waals surface area contributed by atoms with Gasteiger partial charge >= 0.3 is 0 Å². The average molecular weight is 555 g/mol. The van der Waals surface area contributed by atoms with Crippen LogP contribution in [0.2, 0.25) is 10.0 Å². The Morgan fingerprint density at radius 1 is 0.974 bits per heavy atom. The van der Waals surface area contributed by atoms with Gasteiger partial charge in [-0.15, -0.1) is 0 Å². The van der Waals surface area contributed by atoms with Crippen molar-refractivity contribution in [1.29, 1.82) is 0 Å². The topological polar surface area (TPSA) is 82.8 Å². The molecular weight excluding hydrogens is 521 g/mol. The summed E-state index contributed by atoms with van der Waals surface area (Å²) >= 11 is 12.2. The van der Waals surface area contributed by atoms with Gasteiger partial charge in [-0.2, -0.15) is 0 Å². The summed E-state index contributed by atoms with van der Waals surface area (Å²) in [6.45, 7) is 5.10. The second-order valence-corrected chi connectivity index (χ2v) is 10.4. The first-order valence-electron chi connectivity index (χ1n) is 12.8. The van der Waals surface area contributed by atoms with Crippen molar-refractivity contribution in [2.45, 2.75) is 38.9 Å². The number of hydrogen-bond donors (Lipinski definition) is 1. The highest BCUT2D eigenvalue weighted by Crippen LogP contribution is 2.25. The van der Waals surface area contributed by atoms with Gasteiger partial charge in [0, 0.05) is 58.1 Å². The van der Waals surface area contributed by atoms with Crippen LogP contribution in [0.4, 0.5) is 5.69 Å². The molecule has 1 aliphatic rings. The standard InChI is InChI=1S/C29H33Cl2N5O2/c1-21(37)36-14-6-13-34(20-24-8-4-5-12-33-24)15-16-35(19-23-7-2-3-9-28(23)36)29(38)27(32)18-22-10-11-25(30)26(31)17-22/h2-5,7-12,17,27H,6,13-16,18-20,32H2,1H3/t27-/m0/s1. The minimum absolute atomic E-state index is 0.0258. The molecule has 2 amide bonds. The van der Waals surface area contributed by atoms with Gasteiger partial charge in [0.25, 0.3) is 0 Å². The number of carbonyl (C=O) groups excluding carboxylic acids is 2. The number of carbonyl (C=O) groups is 2. The Hall–Kier alpha value is -2.97. The summed E-state index contributed by atoms with van der Waals surface area (Å²) in [5.74, 6) is -0.181. The molecule has 0 unspecified atom stereocenters. The van der Waals surface area contributed by atoms with Crippen molar-refractivity contribution in [1.82, 2.24) is 14.8 Å². The lowest BCUT2D eigenvalue weighted by atomic mass is 10.0. The van der Waals surface area contributed by atoms with Gasteiger partial charge in [0.15, 0.2) is 0 Å². The van der Waals surface area contributed by atoms with Crippen LogP contribution < -0.4 is 10.6 Å². The first kappa shape index (κ1) is 28.0. The third-order valence-corrected chi connectivity index (χ3v) is 7.49. The molecule has 0 spiro atoms. The molecule has 0 aliphatic carbocycles. The molecule has 0 fully saturated rings. The van der Waals surface area contributed by atoms with Crippen LogP contribution in [0.1, 0.15) is 30.2 Å². The van der Waals surface area contributed by atoms with Crippen LogP contribution >= 0.6 is 23.2 Å². The smallest absolute Gasteiger partial charge is 0.240 e. The molecule has 0 saturated carbocycles. The number of pyridine rings is 1. The summed E-state index contributed by atoms with van der Waals surface area (Å²) in [5, 5.41) is 0.893. The van der Waals surface area contributed by atoms with Crippen LogP contribution in [0.15, 0.2) is 66.9 Å². The molecule has 4 rings (SSSR count). The molecule has 3 aromatic rings. The fourth-order valence-electron chi connectivity index (χ4n) is 4.78. The predicted octanol–water partition coefficient (Wildman–Crippen LogP) is 4.55. The van der Waals surface area contributed by atoms with Crippen molar-refractivity contribution in [3.8, 4) is 0 Å². The van der Waals surface area contributed by atoms with Crippen molar-refractivity contribution >= 4 is 40.7 Å². The van der Waals surface area contributed by atoms with Gasteiger partial charge in [0.1, 0.15) is 0 Å². The van der Waals surface area contributed by atoms with E-state index in [2.05, 4.69) is 9.88 Å². The molecule has 2 N–H and O–H groups in total. The van der Waals surface area contributed by atoms with Crippen molar-refractivity contribution in [2.24, 2.45) is 5.73 Å². The van der Waals surface area contributed by atoms with E-state index < -0.39 is 6.04 Å². The quantitative estimate of drug-likeness (QED) is 0.501. The molecule has 0 radical (unpaired) electrons. The van der Waals surface area contributed by atoms with Crippen LogP contribution in [-0.4, -0.2) is 58.8 Å². The Kier molecular flexibility index (Phi) is 9.74. The minimum Gasteiger partial charge on any atom is -0.336 e. The van der Waals surface area contributed by atoms with Gasteiger partial charge in [0.2, 0.25) is 11.8 Å². The Morgan fingerprint density at radius 2 is 1.76 bits per heavy atom. The van der Waals surface area contributed by atoms with Gasteiger partial charge in [-0.05, 0) is 54.3 Å². The number of halogens is 2. The van der Waals surface area contributed by atoms with Gasteiger partial charge in [-0.25, -0.2) is 0 Å². The van der Waals surface area contributed by atoms with E-state index in [1.807, 2.05) is 48.5 Å². The van der Waals surface area contributed by atoms with Crippen LogP contribution in [0.3, 0.4) is 0 Å². The molecule has 9 heteroatoms. The van der Waals surface area contributed by atoms with Gasteiger partial charge < -0.3 is 15.5 Å². The lowest BCUT2D eigenvalue weighted by Crippen LogP contribution is -2.47. The summed E-state index contributed by atoms with van der Waals surface area (Å²) in [7, 11) is 0. The number of rotatable bonds is 5. The number of anilines is 1. The highest BCUT2D eigenvalue weighted by atomic mass is 35.5. The number of hydrogen-bond acceptors (Lipinski definition) is 5. The fraction of sp³-hybridized carbons (Fsp3) is 0.345. The molecular formula is C29H33Cl2N5O2. The van der Waals surface area contributed by atoms with E-state index in [9.17, 15) is 9.59 Å². The molecule has 7 nitrogen and oxygen atoms in total. The lowest BCUT2D eigenvalue weighted by molar-refractivity contribution is -0.133. The van der Waals surface area contributed by atoms with Crippen LogP contribution in [0.25, 0.3) is 0 Å². The maximum Gasteiger partial charge on any atom is 0.240 e. The van der Waals surface area contributed by atoms with Gasteiger partial charge in [-0.3, -0.25) is 19.5 Å². The number of para-hydroxylation sites is 1. The molecule has 38 heavy (non-hydrogen) atoms. The maximum absolute atomic E-state index is 13.7. The van der Waals surface area contributed by atoms with Crippen molar-refractivity contribution in [2.75, 3.05) is 31.1 Å². The molecule has 1 atom stereocenters. The van der Waals surface area contributed by atoms with E-state index >= 15 is 0 Å². The van der Waals surface area contributed by atoms with E-state index in [0.29, 0.717) is 49.2 Å². The third-order valence-electron chi connectivity index (χ3n) is 6.75. The Balaban J connectivity index is 1.60. The second kappa shape index (κ2) is 13.2.